The molecule has 0 aliphatic rings. The van der Waals surface area contributed by atoms with E-state index in [1.165, 1.54) is 24.0 Å². The van der Waals surface area contributed by atoms with Crippen molar-refractivity contribution in [3.8, 4) is 0 Å². The minimum absolute atomic E-state index is 0.00975. The minimum atomic E-state index is -3.93. The van der Waals surface area contributed by atoms with E-state index in [0.717, 1.165) is 5.56 Å². The summed E-state index contributed by atoms with van der Waals surface area (Å²) in [6, 6.07) is 13.4. The predicted molar refractivity (Wildman–Crippen MR) is 115 cm³/mol. The van der Waals surface area contributed by atoms with Crippen LogP contribution in [0.1, 0.15) is 18.9 Å². The van der Waals surface area contributed by atoms with Crippen molar-refractivity contribution in [1.29, 1.82) is 0 Å². The molecule has 0 aliphatic heterocycles. The number of aryl methyl sites for hydroxylation is 1. The Bertz CT molecular complexity index is 1020. The van der Waals surface area contributed by atoms with Gasteiger partial charge in [0.2, 0.25) is 15.9 Å². The zero-order valence-electron chi connectivity index (χ0n) is 17.3. The van der Waals surface area contributed by atoms with Gasteiger partial charge in [0.1, 0.15) is 6.04 Å². The van der Waals surface area contributed by atoms with E-state index < -0.39 is 40.5 Å². The van der Waals surface area contributed by atoms with Crippen molar-refractivity contribution >= 4 is 33.5 Å². The molecule has 3 N–H and O–H groups in total. The van der Waals surface area contributed by atoms with Crippen molar-refractivity contribution in [1.82, 2.24) is 4.72 Å². The molecular weight excluding hydrogens is 422 g/mol. The molecule has 0 spiro atoms. The third-order valence-electron chi connectivity index (χ3n) is 4.31. The smallest absolute Gasteiger partial charge is 0.324 e. The summed E-state index contributed by atoms with van der Waals surface area (Å²) in [6.07, 6.45) is -0.0681. The Kier molecular flexibility index (Phi) is 8.29. The number of esters is 1. The van der Waals surface area contributed by atoms with Crippen LogP contribution in [0.15, 0.2) is 59.5 Å². The summed E-state index contributed by atoms with van der Waals surface area (Å²) < 4.78 is 32.0. The molecule has 2 amide bonds. The maximum absolute atomic E-state index is 12.6. The molecule has 0 aliphatic carbocycles. The number of nitrogens with two attached hydrogens (primary N) is 1. The van der Waals surface area contributed by atoms with Gasteiger partial charge >= 0.3 is 5.97 Å². The third-order valence-corrected chi connectivity index (χ3v) is 5.86. The summed E-state index contributed by atoms with van der Waals surface area (Å²) in [5, 5.41) is 0. The monoisotopic (exact) mass is 447 g/mol. The van der Waals surface area contributed by atoms with Crippen LogP contribution in [0.3, 0.4) is 0 Å². The number of ether oxygens (including phenoxy) is 1. The number of nitrogens with one attached hydrogen (secondary N) is 1. The highest BCUT2D eigenvalue weighted by Crippen LogP contribution is 2.14. The number of amides is 2. The molecule has 2 rings (SSSR count). The van der Waals surface area contributed by atoms with Crippen LogP contribution in [0.2, 0.25) is 0 Å². The lowest BCUT2D eigenvalue weighted by Crippen LogP contribution is -2.42. The van der Waals surface area contributed by atoms with E-state index in [4.69, 9.17) is 10.5 Å². The van der Waals surface area contributed by atoms with E-state index in [0.29, 0.717) is 5.69 Å². The van der Waals surface area contributed by atoms with Gasteiger partial charge in [-0.15, -0.1) is 0 Å². The van der Waals surface area contributed by atoms with Crippen molar-refractivity contribution in [2.75, 3.05) is 18.1 Å². The second-order valence-electron chi connectivity index (χ2n) is 6.86. The Hall–Kier alpha value is -3.24. The number of carbonyl (C=O) groups excluding carboxylic acids is 3. The number of hydrogen-bond acceptors (Lipinski definition) is 6. The Balaban J connectivity index is 1.99. The van der Waals surface area contributed by atoms with Crippen LogP contribution in [0.5, 0.6) is 0 Å². The average Bonchev–Trinajstić information content (AvgIpc) is 2.72. The number of nitrogens with zero attached hydrogens (tertiary/aromatic N) is 1. The maximum atomic E-state index is 12.6. The zero-order chi connectivity index (χ0) is 23.0. The lowest BCUT2D eigenvalue weighted by atomic mass is 10.2. The summed E-state index contributed by atoms with van der Waals surface area (Å²) in [6.45, 7) is 2.54. The van der Waals surface area contributed by atoms with Crippen molar-refractivity contribution in [3.05, 3.63) is 60.2 Å². The van der Waals surface area contributed by atoms with Crippen LogP contribution >= 0.6 is 0 Å². The number of hydrogen-bond donors (Lipinski definition) is 2. The normalized spacial score (nSPS) is 12.1. The summed E-state index contributed by atoms with van der Waals surface area (Å²) in [5.74, 6) is -2.06. The second kappa shape index (κ2) is 10.7. The number of rotatable bonds is 10. The van der Waals surface area contributed by atoms with Gasteiger partial charge in [0.25, 0.3) is 5.91 Å². The fourth-order valence-corrected chi connectivity index (χ4v) is 3.82. The molecular formula is C21H25N3O6S. The lowest BCUT2D eigenvalue weighted by Gasteiger charge is -2.22. The van der Waals surface area contributed by atoms with Gasteiger partial charge in [-0.1, -0.05) is 35.9 Å². The summed E-state index contributed by atoms with van der Waals surface area (Å²) in [4.78, 5) is 37.2. The fourth-order valence-electron chi connectivity index (χ4n) is 2.63. The van der Waals surface area contributed by atoms with Gasteiger partial charge < -0.3 is 15.4 Å². The van der Waals surface area contributed by atoms with E-state index in [1.807, 2.05) is 6.92 Å². The van der Waals surface area contributed by atoms with Gasteiger partial charge in [-0.3, -0.25) is 14.4 Å². The average molecular weight is 448 g/mol. The van der Waals surface area contributed by atoms with Gasteiger partial charge in [0.05, 0.1) is 4.90 Å². The Labute approximate surface area is 181 Å². The predicted octanol–water partition coefficient (Wildman–Crippen LogP) is 1.11. The molecule has 0 radical (unpaired) electrons. The molecule has 31 heavy (non-hydrogen) atoms. The largest absolute Gasteiger partial charge is 0.454 e. The summed E-state index contributed by atoms with van der Waals surface area (Å²) >= 11 is 0. The second-order valence-corrected chi connectivity index (χ2v) is 8.57. The molecule has 0 aromatic heterocycles. The van der Waals surface area contributed by atoms with Crippen LogP contribution in [-0.4, -0.2) is 45.4 Å². The van der Waals surface area contributed by atoms with E-state index in [2.05, 4.69) is 4.72 Å². The molecule has 0 saturated carbocycles. The van der Waals surface area contributed by atoms with Crippen LogP contribution < -0.4 is 15.4 Å². The molecule has 0 fully saturated rings. The molecule has 0 bridgehead atoms. The van der Waals surface area contributed by atoms with Gasteiger partial charge in [0, 0.05) is 18.7 Å². The maximum Gasteiger partial charge on any atom is 0.324 e. The molecule has 0 unspecified atom stereocenters. The first kappa shape index (κ1) is 24.0. The topological polar surface area (TPSA) is 136 Å². The molecule has 2 aromatic rings. The molecule has 0 saturated heterocycles. The van der Waals surface area contributed by atoms with Crippen molar-refractivity contribution in [3.63, 3.8) is 0 Å². The lowest BCUT2D eigenvalue weighted by molar-refractivity contribution is -0.149. The number of para-hydroxylation sites is 1. The van der Waals surface area contributed by atoms with Crippen LogP contribution in [0.4, 0.5) is 5.69 Å². The highest BCUT2D eigenvalue weighted by molar-refractivity contribution is 7.89. The van der Waals surface area contributed by atoms with E-state index >= 15 is 0 Å². The van der Waals surface area contributed by atoms with E-state index in [-0.39, 0.29) is 17.9 Å². The van der Waals surface area contributed by atoms with Gasteiger partial charge in [0.15, 0.2) is 6.61 Å². The minimum Gasteiger partial charge on any atom is -0.454 e. The fraction of sp³-hybridized carbons (Fsp3) is 0.286. The summed E-state index contributed by atoms with van der Waals surface area (Å²) in [7, 11) is -3.93. The molecule has 9 nitrogen and oxygen atoms in total. The third kappa shape index (κ3) is 7.19. The van der Waals surface area contributed by atoms with Crippen LogP contribution in [-0.2, 0) is 29.1 Å². The molecule has 1 atom stereocenters. The first-order chi connectivity index (χ1) is 14.6. The number of sulfonamides is 1. The van der Waals surface area contributed by atoms with Crippen molar-refractivity contribution in [2.45, 2.75) is 31.2 Å². The van der Waals surface area contributed by atoms with E-state index in [1.54, 1.807) is 42.5 Å². The molecule has 166 valence electrons. The number of anilines is 1. The van der Waals surface area contributed by atoms with Crippen LogP contribution in [0, 0.1) is 6.92 Å². The highest BCUT2D eigenvalue weighted by atomic mass is 32.2. The van der Waals surface area contributed by atoms with Crippen LogP contribution in [0.25, 0.3) is 0 Å². The zero-order valence-corrected chi connectivity index (χ0v) is 18.1. The highest BCUT2D eigenvalue weighted by Gasteiger charge is 2.25. The molecule has 10 heteroatoms. The van der Waals surface area contributed by atoms with Crippen molar-refractivity contribution < 1.29 is 27.5 Å². The standard InChI is InChI=1S/C21H25N3O6S/c1-15-8-10-18(11-9-15)31(28,29)23-16(2)21(27)30-14-20(26)24(13-12-19(22)25)17-6-4-3-5-7-17/h3-11,16,23H,12-14H2,1-2H3,(H2,22,25)/t16-/m0/s1. The first-order valence-electron chi connectivity index (χ1n) is 9.49. The van der Waals surface area contributed by atoms with Gasteiger partial charge in [-0.05, 0) is 38.1 Å². The van der Waals surface area contributed by atoms with Crippen molar-refractivity contribution in [2.24, 2.45) is 5.73 Å². The Morgan fingerprint density at radius 3 is 2.26 bits per heavy atom. The van der Waals surface area contributed by atoms with Gasteiger partial charge in [-0.25, -0.2) is 8.42 Å². The Morgan fingerprint density at radius 1 is 1.06 bits per heavy atom. The SMILES string of the molecule is Cc1ccc(S(=O)(=O)N[C@@H](C)C(=O)OCC(=O)N(CCC(N)=O)c2ccccc2)cc1. The summed E-state index contributed by atoms with van der Waals surface area (Å²) in [5.41, 5.74) is 6.57. The molecule has 2 aromatic carbocycles. The number of carbonyl (C=O) groups is 3. The first-order valence-corrected chi connectivity index (χ1v) is 11.0. The molecule has 0 heterocycles. The number of benzene rings is 2. The van der Waals surface area contributed by atoms with E-state index in [9.17, 15) is 22.8 Å². The van der Waals surface area contributed by atoms with Gasteiger partial charge in [-0.2, -0.15) is 4.72 Å². The number of primary amides is 1. The Morgan fingerprint density at radius 2 is 1.68 bits per heavy atom. The quantitative estimate of drug-likeness (QED) is 0.524.